The van der Waals surface area contributed by atoms with Gasteiger partial charge in [0.2, 0.25) is 5.95 Å². The average Bonchev–Trinajstić information content (AvgIpc) is 3.07. The van der Waals surface area contributed by atoms with Crippen LogP contribution in [0, 0.1) is 13.8 Å². The van der Waals surface area contributed by atoms with Gasteiger partial charge in [-0.3, -0.25) is 0 Å². The summed E-state index contributed by atoms with van der Waals surface area (Å²) in [5, 5.41) is 3.68. The molecule has 7 heteroatoms. The molecule has 4 rings (SSSR count). The Labute approximate surface area is 165 Å². The zero-order valence-corrected chi connectivity index (χ0v) is 16.6. The van der Waals surface area contributed by atoms with E-state index < -0.39 is 0 Å². The highest BCUT2D eigenvalue weighted by molar-refractivity contribution is 5.73. The Morgan fingerprint density at radius 2 is 1.96 bits per heavy atom. The molecule has 0 aliphatic carbocycles. The van der Waals surface area contributed by atoms with Crippen LogP contribution in [0.5, 0.6) is 0 Å². The summed E-state index contributed by atoms with van der Waals surface area (Å²) in [6.07, 6.45) is 4.09. The fraction of sp³-hybridized carbons (Fsp3) is 0.476. The van der Waals surface area contributed by atoms with Crippen molar-refractivity contribution in [3.05, 3.63) is 41.4 Å². The second-order valence-corrected chi connectivity index (χ2v) is 7.62. The molecule has 1 fully saturated rings. The lowest BCUT2D eigenvalue weighted by atomic mass is 10.0. The maximum absolute atomic E-state index is 5.86. The summed E-state index contributed by atoms with van der Waals surface area (Å²) in [5.41, 5.74) is 9.72. The van der Waals surface area contributed by atoms with Gasteiger partial charge in [-0.05, 0) is 57.4 Å². The summed E-state index contributed by atoms with van der Waals surface area (Å²) in [5.74, 6) is 2.12. The number of nitrogens with zero attached hydrogens (tertiary/aromatic N) is 4. The van der Waals surface area contributed by atoms with Crippen molar-refractivity contribution in [1.82, 2.24) is 20.3 Å². The van der Waals surface area contributed by atoms with Crippen LogP contribution < -0.4 is 16.0 Å². The van der Waals surface area contributed by atoms with Crippen molar-refractivity contribution < 1.29 is 4.42 Å². The quantitative estimate of drug-likeness (QED) is 0.635. The molecular weight excluding hydrogens is 352 g/mol. The van der Waals surface area contributed by atoms with Gasteiger partial charge in [-0.15, -0.1) is 0 Å². The van der Waals surface area contributed by atoms with Crippen LogP contribution in [0.2, 0.25) is 0 Å². The molecule has 3 heterocycles. The first kappa shape index (κ1) is 18.7. The minimum Gasteiger partial charge on any atom is -0.441 e. The van der Waals surface area contributed by atoms with E-state index in [1.165, 1.54) is 5.56 Å². The van der Waals surface area contributed by atoms with Gasteiger partial charge in [0.15, 0.2) is 11.5 Å². The van der Waals surface area contributed by atoms with Crippen LogP contribution in [0.1, 0.15) is 36.4 Å². The Morgan fingerprint density at radius 1 is 1.14 bits per heavy atom. The lowest BCUT2D eigenvalue weighted by Gasteiger charge is -2.33. The van der Waals surface area contributed by atoms with Crippen LogP contribution in [-0.2, 0) is 6.42 Å². The van der Waals surface area contributed by atoms with Crippen molar-refractivity contribution in [2.75, 3.05) is 30.3 Å². The van der Waals surface area contributed by atoms with Crippen molar-refractivity contribution in [2.45, 2.75) is 45.6 Å². The van der Waals surface area contributed by atoms with Crippen molar-refractivity contribution >= 4 is 22.9 Å². The smallest absolute Gasteiger partial charge is 0.222 e. The first-order valence-electron chi connectivity index (χ1n) is 10.0. The van der Waals surface area contributed by atoms with Gasteiger partial charge in [0.25, 0.3) is 0 Å². The molecule has 28 heavy (non-hydrogen) atoms. The molecule has 3 N–H and O–H groups in total. The maximum atomic E-state index is 5.86. The molecule has 0 atom stereocenters. The molecule has 1 aliphatic rings. The van der Waals surface area contributed by atoms with Crippen LogP contribution in [0.25, 0.3) is 11.1 Å². The van der Waals surface area contributed by atoms with Crippen LogP contribution in [0.4, 0.5) is 11.8 Å². The summed E-state index contributed by atoms with van der Waals surface area (Å²) in [7, 11) is 0. The molecule has 1 aliphatic heterocycles. The fourth-order valence-electron chi connectivity index (χ4n) is 3.78. The lowest BCUT2D eigenvalue weighted by Crippen LogP contribution is -2.43. The molecule has 0 radical (unpaired) electrons. The van der Waals surface area contributed by atoms with E-state index in [2.05, 4.69) is 38.2 Å². The monoisotopic (exact) mass is 380 g/mol. The maximum Gasteiger partial charge on any atom is 0.222 e. The summed E-state index contributed by atoms with van der Waals surface area (Å²) >= 11 is 0. The number of nitrogens with two attached hydrogens (primary N) is 1. The van der Waals surface area contributed by atoms with E-state index in [1.54, 1.807) is 0 Å². The van der Waals surface area contributed by atoms with Crippen LogP contribution in [-0.4, -0.2) is 40.6 Å². The minimum atomic E-state index is 0.351. The Balaban J connectivity index is 1.21. The molecule has 0 saturated carbocycles. The number of hydrogen-bond donors (Lipinski definition) is 2. The van der Waals surface area contributed by atoms with Gasteiger partial charge >= 0.3 is 0 Å². The number of piperidine rings is 1. The highest BCUT2D eigenvalue weighted by atomic mass is 16.3. The number of fused-ring (bicyclic) bond motifs is 1. The minimum absolute atomic E-state index is 0.351. The normalized spacial score (nSPS) is 15.4. The molecule has 1 saturated heterocycles. The molecule has 1 aromatic carbocycles. The molecule has 0 bridgehead atoms. The Bertz CT molecular complexity index is 925. The number of nitrogens with one attached hydrogen (secondary N) is 1. The van der Waals surface area contributed by atoms with E-state index in [0.29, 0.717) is 12.0 Å². The number of oxazole rings is 1. The average molecular weight is 380 g/mol. The third kappa shape index (κ3) is 4.42. The number of nitrogen functional groups attached to an aromatic ring is 1. The predicted molar refractivity (Wildman–Crippen MR) is 111 cm³/mol. The van der Waals surface area contributed by atoms with Gasteiger partial charge in [0, 0.05) is 37.3 Å². The molecule has 0 spiro atoms. The molecule has 0 unspecified atom stereocenters. The Morgan fingerprint density at radius 3 is 2.75 bits per heavy atom. The van der Waals surface area contributed by atoms with Crippen molar-refractivity contribution in [1.29, 1.82) is 0 Å². The molecule has 0 amide bonds. The first-order chi connectivity index (χ1) is 13.6. The molecule has 3 aromatic rings. The summed E-state index contributed by atoms with van der Waals surface area (Å²) in [4.78, 5) is 15.4. The van der Waals surface area contributed by atoms with E-state index >= 15 is 0 Å². The number of aromatic nitrogens is 3. The van der Waals surface area contributed by atoms with Crippen LogP contribution in [0.15, 0.2) is 28.7 Å². The highest BCUT2D eigenvalue weighted by Gasteiger charge is 2.20. The van der Waals surface area contributed by atoms with E-state index in [1.807, 2.05) is 25.1 Å². The SMILES string of the molecule is Cc1ccc2nc(CCCNC3CCN(c4cc(C)nc(N)n4)CC3)oc2c1. The van der Waals surface area contributed by atoms with Crippen LogP contribution >= 0.6 is 0 Å². The number of hydrogen-bond acceptors (Lipinski definition) is 7. The molecule has 2 aromatic heterocycles. The fourth-order valence-corrected chi connectivity index (χ4v) is 3.78. The number of benzene rings is 1. The number of aryl methyl sites for hydroxylation is 3. The second kappa shape index (κ2) is 8.14. The van der Waals surface area contributed by atoms with Crippen LogP contribution in [0.3, 0.4) is 0 Å². The zero-order chi connectivity index (χ0) is 19.5. The van der Waals surface area contributed by atoms with Gasteiger partial charge in [0.05, 0.1) is 0 Å². The highest BCUT2D eigenvalue weighted by Crippen LogP contribution is 2.20. The summed E-state index contributed by atoms with van der Waals surface area (Å²) < 4.78 is 5.86. The van der Waals surface area contributed by atoms with Crippen molar-refractivity contribution in [3.63, 3.8) is 0 Å². The number of anilines is 2. The van der Waals surface area contributed by atoms with E-state index in [-0.39, 0.29) is 0 Å². The standard InChI is InChI=1S/C21H28N6O/c1-14-5-6-17-18(12-14)28-20(25-17)4-3-9-23-16-7-10-27(11-8-16)19-13-15(2)24-21(22)26-19/h5-6,12-13,16,23H,3-4,7-11H2,1-2H3,(H2,22,24,26). The molecule has 7 nitrogen and oxygen atoms in total. The van der Waals surface area contributed by atoms with Gasteiger partial charge in [-0.2, -0.15) is 4.98 Å². The second-order valence-electron chi connectivity index (χ2n) is 7.62. The van der Waals surface area contributed by atoms with Crippen molar-refractivity contribution in [3.8, 4) is 0 Å². The topological polar surface area (TPSA) is 93.1 Å². The lowest BCUT2D eigenvalue weighted by molar-refractivity contribution is 0.407. The van der Waals surface area contributed by atoms with Crippen molar-refractivity contribution in [2.24, 2.45) is 0 Å². The summed E-state index contributed by atoms with van der Waals surface area (Å²) in [6, 6.07) is 8.69. The first-order valence-corrected chi connectivity index (χ1v) is 10.0. The molecular formula is C21H28N6O. The zero-order valence-electron chi connectivity index (χ0n) is 16.6. The van der Waals surface area contributed by atoms with E-state index in [0.717, 1.165) is 73.8 Å². The van der Waals surface area contributed by atoms with E-state index in [9.17, 15) is 0 Å². The Hall–Kier alpha value is -2.67. The summed E-state index contributed by atoms with van der Waals surface area (Å²) in [6.45, 7) is 6.96. The number of rotatable bonds is 6. The predicted octanol–water partition coefficient (Wildman–Crippen LogP) is 3.01. The Kier molecular flexibility index (Phi) is 5.43. The van der Waals surface area contributed by atoms with Gasteiger partial charge in [-0.1, -0.05) is 6.07 Å². The third-order valence-corrected chi connectivity index (χ3v) is 5.27. The molecule has 148 valence electrons. The van der Waals surface area contributed by atoms with Gasteiger partial charge in [0.1, 0.15) is 11.3 Å². The van der Waals surface area contributed by atoms with Gasteiger partial charge < -0.3 is 20.4 Å². The van der Waals surface area contributed by atoms with Gasteiger partial charge in [-0.25, -0.2) is 9.97 Å². The third-order valence-electron chi connectivity index (χ3n) is 5.27. The largest absolute Gasteiger partial charge is 0.441 e. The van der Waals surface area contributed by atoms with E-state index in [4.69, 9.17) is 10.2 Å².